The molecule has 6 nitrogen and oxygen atoms in total. The highest BCUT2D eigenvalue weighted by atomic mass is 19.1. The fourth-order valence-corrected chi connectivity index (χ4v) is 2.69. The molecule has 3 amide bonds. The molecule has 3 aromatic rings. The van der Waals surface area contributed by atoms with Crippen molar-refractivity contribution < 1.29 is 14.0 Å². The number of amides is 3. The van der Waals surface area contributed by atoms with Gasteiger partial charge in [0, 0.05) is 23.6 Å². The van der Waals surface area contributed by atoms with E-state index in [-0.39, 0.29) is 0 Å². The highest BCUT2D eigenvalue weighted by molar-refractivity contribution is 6.00. The highest BCUT2D eigenvalue weighted by Crippen LogP contribution is 2.20. The quantitative estimate of drug-likeness (QED) is 0.518. The van der Waals surface area contributed by atoms with Crippen molar-refractivity contribution in [2.45, 2.75) is 6.54 Å². The van der Waals surface area contributed by atoms with Gasteiger partial charge in [-0.25, -0.2) is 9.18 Å². The number of benzene rings is 3. The zero-order valence-electron chi connectivity index (χ0n) is 14.9. The molecule has 0 aliphatic carbocycles. The number of anilines is 3. The van der Waals surface area contributed by atoms with E-state index in [2.05, 4.69) is 16.0 Å². The summed E-state index contributed by atoms with van der Waals surface area (Å²) in [7, 11) is 0. The van der Waals surface area contributed by atoms with Crippen molar-refractivity contribution in [1.82, 2.24) is 0 Å². The minimum absolute atomic E-state index is 0.350. The van der Waals surface area contributed by atoms with Gasteiger partial charge in [0.25, 0.3) is 5.91 Å². The molecule has 7 heteroatoms. The van der Waals surface area contributed by atoms with Crippen molar-refractivity contribution in [1.29, 1.82) is 0 Å². The first-order chi connectivity index (χ1) is 13.5. The Morgan fingerprint density at radius 1 is 0.857 bits per heavy atom. The van der Waals surface area contributed by atoms with E-state index in [0.29, 0.717) is 29.2 Å². The van der Waals surface area contributed by atoms with E-state index in [1.807, 2.05) is 12.1 Å². The molecule has 3 aromatic carbocycles. The Morgan fingerprint density at radius 3 is 2.32 bits per heavy atom. The highest BCUT2D eigenvalue weighted by Gasteiger charge is 2.10. The predicted octanol–water partition coefficient (Wildman–Crippen LogP) is 4.18. The van der Waals surface area contributed by atoms with Crippen LogP contribution in [0.1, 0.15) is 15.9 Å². The molecule has 0 aromatic heterocycles. The SMILES string of the molecule is NC(=O)c1ccccc1NCc1ccccc1NC(=O)Nc1cccc(F)c1. The second-order valence-corrected chi connectivity index (χ2v) is 6.01. The number of primary amides is 1. The molecule has 0 aliphatic rings. The monoisotopic (exact) mass is 378 g/mol. The summed E-state index contributed by atoms with van der Waals surface area (Å²) in [5.41, 5.74) is 8.12. The zero-order valence-corrected chi connectivity index (χ0v) is 14.9. The fraction of sp³-hybridized carbons (Fsp3) is 0.0476. The smallest absolute Gasteiger partial charge is 0.323 e. The molecule has 0 unspecified atom stereocenters. The third-order valence-corrected chi connectivity index (χ3v) is 4.01. The van der Waals surface area contributed by atoms with Crippen molar-refractivity contribution in [3.05, 3.63) is 89.7 Å². The lowest BCUT2D eigenvalue weighted by Crippen LogP contribution is -2.21. The average Bonchev–Trinajstić information content (AvgIpc) is 2.67. The van der Waals surface area contributed by atoms with Crippen LogP contribution in [0.5, 0.6) is 0 Å². The summed E-state index contributed by atoms with van der Waals surface area (Å²) in [4.78, 5) is 23.8. The van der Waals surface area contributed by atoms with Crippen LogP contribution in [-0.2, 0) is 6.54 Å². The third kappa shape index (κ3) is 4.85. The van der Waals surface area contributed by atoms with Crippen molar-refractivity contribution in [2.75, 3.05) is 16.0 Å². The van der Waals surface area contributed by atoms with E-state index in [4.69, 9.17) is 5.73 Å². The normalized spacial score (nSPS) is 10.2. The molecule has 0 spiro atoms. The number of hydrogen-bond donors (Lipinski definition) is 4. The average molecular weight is 378 g/mol. The van der Waals surface area contributed by atoms with Crippen molar-refractivity contribution in [3.63, 3.8) is 0 Å². The van der Waals surface area contributed by atoms with Gasteiger partial charge < -0.3 is 21.7 Å². The first-order valence-electron chi connectivity index (χ1n) is 8.57. The maximum Gasteiger partial charge on any atom is 0.323 e. The first-order valence-corrected chi connectivity index (χ1v) is 8.57. The lowest BCUT2D eigenvalue weighted by Gasteiger charge is -2.14. The molecule has 0 radical (unpaired) electrons. The number of hydrogen-bond acceptors (Lipinski definition) is 3. The van der Waals surface area contributed by atoms with Crippen LogP contribution >= 0.6 is 0 Å². The van der Waals surface area contributed by atoms with Crippen molar-refractivity contribution >= 4 is 29.0 Å². The second-order valence-electron chi connectivity index (χ2n) is 6.01. The van der Waals surface area contributed by atoms with Gasteiger partial charge in [-0.3, -0.25) is 4.79 Å². The minimum atomic E-state index is -0.524. The Hall–Kier alpha value is -3.87. The van der Waals surface area contributed by atoms with Crippen LogP contribution in [0, 0.1) is 5.82 Å². The summed E-state index contributed by atoms with van der Waals surface area (Å²) in [5, 5.41) is 8.49. The predicted molar refractivity (Wildman–Crippen MR) is 108 cm³/mol. The Morgan fingerprint density at radius 2 is 1.57 bits per heavy atom. The van der Waals surface area contributed by atoms with Crippen LogP contribution in [-0.4, -0.2) is 11.9 Å². The van der Waals surface area contributed by atoms with Gasteiger partial charge >= 0.3 is 6.03 Å². The Kier molecular flexibility index (Phi) is 5.86. The summed E-state index contributed by atoms with van der Waals surface area (Å²) < 4.78 is 13.2. The second kappa shape index (κ2) is 8.68. The molecule has 28 heavy (non-hydrogen) atoms. The molecule has 0 heterocycles. The van der Waals surface area contributed by atoms with Crippen LogP contribution in [0.15, 0.2) is 72.8 Å². The van der Waals surface area contributed by atoms with E-state index in [9.17, 15) is 14.0 Å². The molecular formula is C21H19FN4O2. The van der Waals surface area contributed by atoms with Gasteiger partial charge in [-0.05, 0) is 42.0 Å². The van der Waals surface area contributed by atoms with Gasteiger partial charge in [0.05, 0.1) is 5.56 Å². The molecule has 3 rings (SSSR count). The number of para-hydroxylation sites is 2. The number of nitrogens with two attached hydrogens (primary N) is 1. The maximum absolute atomic E-state index is 13.2. The number of urea groups is 1. The molecule has 0 atom stereocenters. The van der Waals surface area contributed by atoms with E-state index in [0.717, 1.165) is 5.56 Å². The summed E-state index contributed by atoms with van der Waals surface area (Å²) >= 11 is 0. The van der Waals surface area contributed by atoms with Gasteiger partial charge in [0.15, 0.2) is 0 Å². The van der Waals surface area contributed by atoms with Crippen LogP contribution in [0.25, 0.3) is 0 Å². The molecule has 142 valence electrons. The zero-order chi connectivity index (χ0) is 19.9. The molecule has 0 aliphatic heterocycles. The van der Waals surface area contributed by atoms with Crippen LogP contribution < -0.4 is 21.7 Å². The number of rotatable bonds is 6. The maximum atomic E-state index is 13.2. The summed E-state index contributed by atoms with van der Waals surface area (Å²) in [6, 6.07) is 19.3. The standard InChI is InChI=1S/C21H19FN4O2/c22-15-7-5-8-16(12-15)25-21(28)26-18-10-3-1-6-14(18)13-24-19-11-4-2-9-17(19)20(23)27/h1-12,24H,13H2,(H2,23,27)(H2,25,26,28). The lowest BCUT2D eigenvalue weighted by atomic mass is 10.1. The van der Waals surface area contributed by atoms with Gasteiger partial charge in [-0.1, -0.05) is 36.4 Å². The van der Waals surface area contributed by atoms with Gasteiger partial charge in [-0.15, -0.1) is 0 Å². The van der Waals surface area contributed by atoms with Crippen LogP contribution in [0.3, 0.4) is 0 Å². The van der Waals surface area contributed by atoms with Gasteiger partial charge in [0.2, 0.25) is 0 Å². The molecule has 0 saturated carbocycles. The minimum Gasteiger partial charge on any atom is -0.380 e. The Labute approximate surface area is 161 Å². The van der Waals surface area contributed by atoms with Gasteiger partial charge in [-0.2, -0.15) is 0 Å². The number of nitrogens with one attached hydrogen (secondary N) is 3. The molecular weight excluding hydrogens is 359 g/mol. The number of carbonyl (C=O) groups excluding carboxylic acids is 2. The molecule has 5 N–H and O–H groups in total. The molecule has 0 saturated heterocycles. The van der Waals surface area contributed by atoms with E-state index >= 15 is 0 Å². The largest absolute Gasteiger partial charge is 0.380 e. The van der Waals surface area contributed by atoms with Crippen molar-refractivity contribution in [2.24, 2.45) is 5.73 Å². The fourth-order valence-electron chi connectivity index (χ4n) is 2.69. The number of halogens is 1. The summed E-state index contributed by atoms with van der Waals surface area (Å²) in [6.45, 7) is 0.362. The van der Waals surface area contributed by atoms with Crippen LogP contribution in [0.2, 0.25) is 0 Å². The number of carbonyl (C=O) groups is 2. The van der Waals surface area contributed by atoms with E-state index in [1.165, 1.54) is 18.2 Å². The van der Waals surface area contributed by atoms with Crippen molar-refractivity contribution in [3.8, 4) is 0 Å². The Bertz CT molecular complexity index is 1010. The molecule has 0 bridgehead atoms. The third-order valence-electron chi connectivity index (χ3n) is 4.01. The lowest BCUT2D eigenvalue weighted by molar-refractivity contribution is 0.100. The van der Waals surface area contributed by atoms with E-state index in [1.54, 1.807) is 42.5 Å². The van der Waals surface area contributed by atoms with Gasteiger partial charge in [0.1, 0.15) is 5.82 Å². The first kappa shape index (κ1) is 18.9. The van der Waals surface area contributed by atoms with Crippen LogP contribution in [0.4, 0.5) is 26.2 Å². The van der Waals surface area contributed by atoms with E-state index < -0.39 is 17.8 Å². The summed E-state index contributed by atoms with van der Waals surface area (Å²) in [5.74, 6) is -0.959. The molecule has 0 fully saturated rings. The Balaban J connectivity index is 1.69. The topological polar surface area (TPSA) is 96.2 Å². The summed E-state index contributed by atoms with van der Waals surface area (Å²) in [6.07, 6.45) is 0.